The highest BCUT2D eigenvalue weighted by molar-refractivity contribution is 5.78. The predicted octanol–water partition coefficient (Wildman–Crippen LogP) is 3.22. The zero-order chi connectivity index (χ0) is 17.6. The second-order valence-corrected chi connectivity index (χ2v) is 8.92. The molecule has 3 rings (SSSR count). The van der Waals surface area contributed by atoms with Crippen molar-refractivity contribution in [2.24, 2.45) is 11.8 Å². The average molecular weight is 350 g/mol. The van der Waals surface area contributed by atoms with Crippen LogP contribution in [0, 0.1) is 11.8 Å². The molecule has 144 valence electrons. The zero-order valence-electron chi connectivity index (χ0n) is 16.6. The SMILES string of the molecule is CN1CCC(N2CCC[C@@H](C(=O)N(C)CCCC3CCCC3)C2)CC1. The van der Waals surface area contributed by atoms with Gasteiger partial charge in [-0.05, 0) is 71.1 Å². The third kappa shape index (κ3) is 5.43. The smallest absolute Gasteiger partial charge is 0.226 e. The van der Waals surface area contributed by atoms with Crippen molar-refractivity contribution in [3.05, 3.63) is 0 Å². The quantitative estimate of drug-likeness (QED) is 0.737. The predicted molar refractivity (Wildman–Crippen MR) is 104 cm³/mol. The molecule has 4 heteroatoms. The van der Waals surface area contributed by atoms with Crippen molar-refractivity contribution in [2.75, 3.05) is 46.8 Å². The van der Waals surface area contributed by atoms with Gasteiger partial charge in [0.05, 0.1) is 5.92 Å². The van der Waals surface area contributed by atoms with Crippen LogP contribution in [0.3, 0.4) is 0 Å². The van der Waals surface area contributed by atoms with Crippen molar-refractivity contribution in [1.82, 2.24) is 14.7 Å². The van der Waals surface area contributed by atoms with E-state index in [0.717, 1.165) is 25.4 Å². The summed E-state index contributed by atoms with van der Waals surface area (Å²) in [6.45, 7) is 5.57. The number of carbonyl (C=O) groups is 1. The molecule has 4 nitrogen and oxygen atoms in total. The molecule has 0 radical (unpaired) electrons. The van der Waals surface area contributed by atoms with Gasteiger partial charge in [0.1, 0.15) is 0 Å². The third-order valence-electron chi connectivity index (χ3n) is 6.96. The van der Waals surface area contributed by atoms with E-state index < -0.39 is 0 Å². The molecule has 3 aliphatic rings. The maximum absolute atomic E-state index is 12.9. The standard InChI is InChI=1S/C21H39N3O/c1-22-15-11-20(12-16-22)24-14-6-10-19(17-24)21(25)23(2)13-5-9-18-7-3-4-8-18/h18-20H,3-17H2,1-2H3/t19-/m1/s1. The monoisotopic (exact) mass is 349 g/mol. The van der Waals surface area contributed by atoms with Crippen molar-refractivity contribution in [3.8, 4) is 0 Å². The molecule has 1 amide bonds. The number of piperidine rings is 2. The van der Waals surface area contributed by atoms with E-state index in [1.165, 1.54) is 77.4 Å². The van der Waals surface area contributed by atoms with Crippen LogP contribution in [-0.4, -0.2) is 73.5 Å². The van der Waals surface area contributed by atoms with Gasteiger partial charge in [-0.1, -0.05) is 25.7 Å². The molecule has 0 spiro atoms. The number of hydrogen-bond donors (Lipinski definition) is 0. The van der Waals surface area contributed by atoms with E-state index in [1.54, 1.807) is 0 Å². The summed E-state index contributed by atoms with van der Waals surface area (Å²) in [4.78, 5) is 20.0. The molecule has 2 aliphatic heterocycles. The molecule has 3 fully saturated rings. The fourth-order valence-electron chi connectivity index (χ4n) is 5.24. The van der Waals surface area contributed by atoms with Gasteiger partial charge in [-0.15, -0.1) is 0 Å². The normalized spacial score (nSPS) is 27.7. The number of amides is 1. The van der Waals surface area contributed by atoms with Gasteiger partial charge in [0.2, 0.25) is 5.91 Å². The second-order valence-electron chi connectivity index (χ2n) is 8.92. The number of likely N-dealkylation sites (tertiary alicyclic amines) is 2. The van der Waals surface area contributed by atoms with Crippen LogP contribution in [0.25, 0.3) is 0 Å². The first-order valence-corrected chi connectivity index (χ1v) is 10.8. The fourth-order valence-corrected chi connectivity index (χ4v) is 5.24. The van der Waals surface area contributed by atoms with Crippen molar-refractivity contribution in [1.29, 1.82) is 0 Å². The first-order valence-electron chi connectivity index (χ1n) is 10.8. The van der Waals surface area contributed by atoms with Crippen molar-refractivity contribution < 1.29 is 4.79 Å². The first-order chi connectivity index (χ1) is 12.1. The van der Waals surface area contributed by atoms with Crippen LogP contribution in [0.2, 0.25) is 0 Å². The lowest BCUT2D eigenvalue weighted by molar-refractivity contribution is -0.136. The molecule has 1 saturated carbocycles. The maximum Gasteiger partial charge on any atom is 0.226 e. The van der Waals surface area contributed by atoms with Crippen LogP contribution in [0.5, 0.6) is 0 Å². The molecule has 0 aromatic rings. The molecule has 0 aromatic carbocycles. The van der Waals surface area contributed by atoms with E-state index in [2.05, 4.69) is 16.8 Å². The number of rotatable bonds is 6. The summed E-state index contributed by atoms with van der Waals surface area (Å²) < 4.78 is 0. The molecule has 0 aromatic heterocycles. The summed E-state index contributed by atoms with van der Waals surface area (Å²) in [5.74, 6) is 1.59. The van der Waals surface area contributed by atoms with Gasteiger partial charge in [-0.25, -0.2) is 0 Å². The van der Waals surface area contributed by atoms with Crippen LogP contribution < -0.4 is 0 Å². The highest BCUT2D eigenvalue weighted by atomic mass is 16.2. The maximum atomic E-state index is 12.9. The Hall–Kier alpha value is -0.610. The summed E-state index contributed by atoms with van der Waals surface area (Å²) >= 11 is 0. The van der Waals surface area contributed by atoms with E-state index in [1.807, 2.05) is 11.9 Å². The summed E-state index contributed by atoms with van der Waals surface area (Å²) in [5, 5.41) is 0. The topological polar surface area (TPSA) is 26.8 Å². The average Bonchev–Trinajstić information content (AvgIpc) is 3.15. The zero-order valence-corrected chi connectivity index (χ0v) is 16.6. The van der Waals surface area contributed by atoms with Crippen LogP contribution in [0.1, 0.15) is 64.2 Å². The lowest BCUT2D eigenvalue weighted by atomic mass is 9.93. The molecule has 25 heavy (non-hydrogen) atoms. The Kier molecular flexibility index (Phi) is 7.18. The van der Waals surface area contributed by atoms with Crippen molar-refractivity contribution in [2.45, 2.75) is 70.3 Å². The first kappa shape index (κ1) is 19.2. The Balaban J connectivity index is 1.41. The molecular formula is C21H39N3O. The molecule has 2 saturated heterocycles. The molecule has 1 aliphatic carbocycles. The summed E-state index contributed by atoms with van der Waals surface area (Å²) in [6, 6.07) is 0.708. The third-order valence-corrected chi connectivity index (χ3v) is 6.96. The lowest BCUT2D eigenvalue weighted by Crippen LogP contribution is -2.50. The fraction of sp³-hybridized carbons (Fsp3) is 0.952. The van der Waals surface area contributed by atoms with Crippen LogP contribution >= 0.6 is 0 Å². The Morgan fingerprint density at radius 3 is 2.44 bits per heavy atom. The second kappa shape index (κ2) is 9.36. The van der Waals surface area contributed by atoms with Gasteiger partial charge in [0, 0.05) is 26.2 Å². The molecule has 0 N–H and O–H groups in total. The molecule has 0 bridgehead atoms. The molecular weight excluding hydrogens is 310 g/mol. The Bertz CT molecular complexity index is 413. The van der Waals surface area contributed by atoms with Crippen LogP contribution in [0.4, 0.5) is 0 Å². The minimum atomic E-state index is 0.241. The Labute approximate surface area is 154 Å². The Morgan fingerprint density at radius 1 is 1.00 bits per heavy atom. The van der Waals surface area contributed by atoms with E-state index in [0.29, 0.717) is 11.9 Å². The highest BCUT2D eigenvalue weighted by Gasteiger charge is 2.32. The van der Waals surface area contributed by atoms with Gasteiger partial charge in [-0.3, -0.25) is 9.69 Å². The highest BCUT2D eigenvalue weighted by Crippen LogP contribution is 2.29. The minimum absolute atomic E-state index is 0.241. The van der Waals surface area contributed by atoms with Gasteiger partial charge < -0.3 is 9.80 Å². The van der Waals surface area contributed by atoms with E-state index in [9.17, 15) is 4.79 Å². The number of hydrogen-bond acceptors (Lipinski definition) is 3. The molecule has 0 unspecified atom stereocenters. The Morgan fingerprint density at radius 2 is 1.72 bits per heavy atom. The number of nitrogens with zero attached hydrogens (tertiary/aromatic N) is 3. The summed E-state index contributed by atoms with van der Waals surface area (Å²) in [7, 11) is 4.25. The summed E-state index contributed by atoms with van der Waals surface area (Å²) in [6.07, 6.45) is 13.0. The molecule has 2 heterocycles. The largest absolute Gasteiger partial charge is 0.345 e. The van der Waals surface area contributed by atoms with E-state index in [-0.39, 0.29) is 5.92 Å². The van der Waals surface area contributed by atoms with Gasteiger partial charge >= 0.3 is 0 Å². The van der Waals surface area contributed by atoms with Gasteiger partial charge in [0.25, 0.3) is 0 Å². The van der Waals surface area contributed by atoms with E-state index in [4.69, 9.17) is 0 Å². The van der Waals surface area contributed by atoms with Crippen molar-refractivity contribution >= 4 is 5.91 Å². The van der Waals surface area contributed by atoms with Crippen LogP contribution in [0.15, 0.2) is 0 Å². The summed E-state index contributed by atoms with van der Waals surface area (Å²) in [5.41, 5.74) is 0. The lowest BCUT2D eigenvalue weighted by Gasteiger charge is -2.41. The van der Waals surface area contributed by atoms with Gasteiger partial charge in [-0.2, -0.15) is 0 Å². The van der Waals surface area contributed by atoms with Crippen molar-refractivity contribution in [3.63, 3.8) is 0 Å². The minimum Gasteiger partial charge on any atom is -0.345 e. The van der Waals surface area contributed by atoms with E-state index >= 15 is 0 Å². The number of carbonyl (C=O) groups excluding carboxylic acids is 1. The van der Waals surface area contributed by atoms with Crippen LogP contribution in [-0.2, 0) is 4.79 Å². The molecule has 1 atom stereocenters. The van der Waals surface area contributed by atoms with Gasteiger partial charge in [0.15, 0.2) is 0 Å².